The van der Waals surface area contributed by atoms with Crippen molar-refractivity contribution in [2.24, 2.45) is 0 Å². The molecule has 0 aliphatic rings. The number of ether oxygens (including phenoxy) is 1. The van der Waals surface area contributed by atoms with E-state index in [0.29, 0.717) is 5.92 Å². The summed E-state index contributed by atoms with van der Waals surface area (Å²) in [5.74, 6) is 1.03. The number of para-hydroxylation sites is 1. The predicted molar refractivity (Wildman–Crippen MR) is 98.4 cm³/mol. The number of carbonyl (C=O) groups is 1. The average molecular weight is 325 g/mol. The van der Waals surface area contributed by atoms with Gasteiger partial charge in [0.2, 0.25) is 0 Å². The lowest BCUT2D eigenvalue weighted by Gasteiger charge is -2.17. The summed E-state index contributed by atoms with van der Waals surface area (Å²) in [4.78, 5) is 12.2. The van der Waals surface area contributed by atoms with Gasteiger partial charge in [0.1, 0.15) is 5.75 Å². The van der Waals surface area contributed by atoms with E-state index in [1.165, 1.54) is 5.56 Å². The Kier molecular flexibility index (Phi) is 6.42. The zero-order valence-corrected chi connectivity index (χ0v) is 15.0. The van der Waals surface area contributed by atoms with Crippen molar-refractivity contribution in [3.63, 3.8) is 0 Å². The van der Waals surface area contributed by atoms with E-state index in [1.807, 2.05) is 31.2 Å². The van der Waals surface area contributed by atoms with Crippen LogP contribution in [-0.2, 0) is 11.2 Å². The fraction of sp³-hybridized carbons (Fsp3) is 0.381. The first-order valence-electron chi connectivity index (χ1n) is 8.61. The molecule has 0 saturated carbocycles. The van der Waals surface area contributed by atoms with E-state index in [0.717, 1.165) is 23.3 Å². The van der Waals surface area contributed by atoms with Gasteiger partial charge in [-0.15, -0.1) is 0 Å². The van der Waals surface area contributed by atoms with Crippen molar-refractivity contribution in [3.8, 4) is 5.75 Å². The largest absolute Gasteiger partial charge is 0.483 e. The van der Waals surface area contributed by atoms with E-state index in [9.17, 15) is 4.79 Å². The first-order chi connectivity index (χ1) is 11.5. The van der Waals surface area contributed by atoms with Crippen LogP contribution in [-0.4, -0.2) is 12.5 Å². The summed E-state index contributed by atoms with van der Waals surface area (Å²) in [6, 6.07) is 16.2. The minimum atomic E-state index is -0.111. The molecular formula is C21H27NO2. The van der Waals surface area contributed by atoms with Crippen LogP contribution in [0.3, 0.4) is 0 Å². The monoisotopic (exact) mass is 325 g/mol. The Balaban J connectivity index is 1.91. The molecule has 2 aromatic carbocycles. The molecule has 0 aliphatic carbocycles. The normalized spacial score (nSPS) is 12.0. The van der Waals surface area contributed by atoms with Crippen molar-refractivity contribution in [2.45, 2.75) is 46.1 Å². The highest BCUT2D eigenvalue weighted by atomic mass is 16.5. The third kappa shape index (κ3) is 4.85. The smallest absolute Gasteiger partial charge is 0.258 e. The topological polar surface area (TPSA) is 38.3 Å². The molecule has 0 saturated heterocycles. The third-order valence-electron chi connectivity index (χ3n) is 4.17. The molecule has 24 heavy (non-hydrogen) atoms. The second-order valence-electron chi connectivity index (χ2n) is 6.37. The molecule has 0 bridgehead atoms. The summed E-state index contributed by atoms with van der Waals surface area (Å²) < 4.78 is 5.72. The number of carbonyl (C=O) groups excluding carboxylic acids is 1. The third-order valence-corrected chi connectivity index (χ3v) is 4.17. The van der Waals surface area contributed by atoms with Gasteiger partial charge in [0.15, 0.2) is 6.61 Å². The molecule has 0 spiro atoms. The molecule has 1 atom stereocenters. The lowest BCUT2D eigenvalue weighted by atomic mass is 10.0. The van der Waals surface area contributed by atoms with Crippen molar-refractivity contribution >= 4 is 5.91 Å². The average Bonchev–Trinajstić information content (AvgIpc) is 2.60. The van der Waals surface area contributed by atoms with Crippen molar-refractivity contribution in [3.05, 3.63) is 65.2 Å². The Hall–Kier alpha value is -2.29. The van der Waals surface area contributed by atoms with Gasteiger partial charge in [-0.3, -0.25) is 4.79 Å². The molecule has 2 aromatic rings. The van der Waals surface area contributed by atoms with Crippen LogP contribution in [0, 0.1) is 0 Å². The quantitative estimate of drug-likeness (QED) is 0.806. The Morgan fingerprint density at radius 1 is 1.04 bits per heavy atom. The van der Waals surface area contributed by atoms with E-state index in [1.54, 1.807) is 0 Å². The van der Waals surface area contributed by atoms with Crippen LogP contribution >= 0.6 is 0 Å². The molecule has 3 nitrogen and oxygen atoms in total. The summed E-state index contributed by atoms with van der Waals surface area (Å²) >= 11 is 0. The van der Waals surface area contributed by atoms with Crippen LogP contribution in [0.1, 0.15) is 56.3 Å². The number of rotatable bonds is 7. The molecule has 1 amide bonds. The van der Waals surface area contributed by atoms with E-state index in [4.69, 9.17) is 4.74 Å². The highest BCUT2D eigenvalue weighted by Gasteiger charge is 2.12. The second kappa shape index (κ2) is 8.53. The number of hydrogen-bond acceptors (Lipinski definition) is 2. The molecule has 0 fully saturated rings. The molecule has 0 heterocycles. The zero-order chi connectivity index (χ0) is 17.5. The van der Waals surface area contributed by atoms with Crippen LogP contribution < -0.4 is 10.1 Å². The Labute approximate surface area is 145 Å². The number of aryl methyl sites for hydroxylation is 1. The van der Waals surface area contributed by atoms with Gasteiger partial charge >= 0.3 is 0 Å². The summed E-state index contributed by atoms with van der Waals surface area (Å²) in [5.41, 5.74) is 3.52. The minimum absolute atomic E-state index is 0.0289. The SMILES string of the molecule is CCc1ccc(C(C)NC(=O)COc2ccccc2C(C)C)cc1. The van der Waals surface area contributed by atoms with Crippen molar-refractivity contribution in [2.75, 3.05) is 6.61 Å². The van der Waals surface area contributed by atoms with Crippen LogP contribution in [0.2, 0.25) is 0 Å². The molecular weight excluding hydrogens is 298 g/mol. The van der Waals surface area contributed by atoms with Gasteiger partial charge in [-0.25, -0.2) is 0 Å². The summed E-state index contributed by atoms with van der Waals surface area (Å²) in [5, 5.41) is 2.99. The van der Waals surface area contributed by atoms with Gasteiger partial charge in [0.05, 0.1) is 6.04 Å². The Morgan fingerprint density at radius 2 is 1.71 bits per heavy atom. The first kappa shape index (κ1) is 18.1. The molecule has 3 heteroatoms. The van der Waals surface area contributed by atoms with Crippen molar-refractivity contribution < 1.29 is 9.53 Å². The van der Waals surface area contributed by atoms with E-state index in [2.05, 4.69) is 50.4 Å². The van der Waals surface area contributed by atoms with Crippen LogP contribution in [0.15, 0.2) is 48.5 Å². The predicted octanol–water partition coefficient (Wildman–Crippen LogP) is 4.63. The number of nitrogens with one attached hydrogen (secondary N) is 1. The maximum atomic E-state index is 12.2. The molecule has 128 valence electrons. The fourth-order valence-corrected chi connectivity index (χ4v) is 2.64. The van der Waals surface area contributed by atoms with Gasteiger partial charge in [-0.2, -0.15) is 0 Å². The highest BCUT2D eigenvalue weighted by Crippen LogP contribution is 2.25. The maximum absolute atomic E-state index is 12.2. The lowest BCUT2D eigenvalue weighted by Crippen LogP contribution is -2.31. The summed E-state index contributed by atoms with van der Waals surface area (Å²) in [6.07, 6.45) is 1.02. The van der Waals surface area contributed by atoms with Crippen LogP contribution in [0.5, 0.6) is 5.75 Å². The molecule has 1 unspecified atom stereocenters. The Morgan fingerprint density at radius 3 is 2.33 bits per heavy atom. The highest BCUT2D eigenvalue weighted by molar-refractivity contribution is 5.78. The van der Waals surface area contributed by atoms with Gasteiger partial charge in [-0.05, 0) is 42.0 Å². The molecule has 0 aromatic heterocycles. The standard InChI is InChI=1S/C21H27NO2/c1-5-17-10-12-18(13-11-17)16(4)22-21(23)14-24-20-9-7-6-8-19(20)15(2)3/h6-13,15-16H,5,14H2,1-4H3,(H,22,23). The van der Waals surface area contributed by atoms with E-state index >= 15 is 0 Å². The van der Waals surface area contributed by atoms with Crippen molar-refractivity contribution in [1.29, 1.82) is 0 Å². The number of hydrogen-bond donors (Lipinski definition) is 1. The molecule has 0 aliphatic heterocycles. The van der Waals surface area contributed by atoms with Gasteiger partial charge in [0.25, 0.3) is 5.91 Å². The van der Waals surface area contributed by atoms with Gasteiger partial charge in [-0.1, -0.05) is 63.2 Å². The number of benzene rings is 2. The van der Waals surface area contributed by atoms with Gasteiger partial charge < -0.3 is 10.1 Å². The molecule has 0 radical (unpaired) electrons. The van der Waals surface area contributed by atoms with Crippen LogP contribution in [0.4, 0.5) is 0 Å². The molecule has 2 rings (SSSR count). The Bertz CT molecular complexity index is 662. The summed E-state index contributed by atoms with van der Waals surface area (Å²) in [7, 11) is 0. The zero-order valence-electron chi connectivity index (χ0n) is 15.0. The summed E-state index contributed by atoms with van der Waals surface area (Å²) in [6.45, 7) is 8.38. The van der Waals surface area contributed by atoms with E-state index in [-0.39, 0.29) is 18.6 Å². The fourth-order valence-electron chi connectivity index (χ4n) is 2.64. The van der Waals surface area contributed by atoms with Gasteiger partial charge in [0, 0.05) is 0 Å². The maximum Gasteiger partial charge on any atom is 0.258 e. The first-order valence-corrected chi connectivity index (χ1v) is 8.61. The van der Waals surface area contributed by atoms with Crippen molar-refractivity contribution in [1.82, 2.24) is 5.32 Å². The second-order valence-corrected chi connectivity index (χ2v) is 6.37. The van der Waals surface area contributed by atoms with Crippen LogP contribution in [0.25, 0.3) is 0 Å². The number of amides is 1. The van der Waals surface area contributed by atoms with E-state index < -0.39 is 0 Å². The minimum Gasteiger partial charge on any atom is -0.483 e. The molecule has 1 N–H and O–H groups in total. The lowest BCUT2D eigenvalue weighted by molar-refractivity contribution is -0.123.